The highest BCUT2D eigenvalue weighted by Crippen LogP contribution is 2.27. The van der Waals surface area contributed by atoms with Crippen molar-refractivity contribution in [2.75, 3.05) is 0 Å². The molecule has 4 rings (SSSR count). The van der Waals surface area contributed by atoms with Crippen molar-refractivity contribution in [2.24, 2.45) is 7.05 Å². The van der Waals surface area contributed by atoms with E-state index in [0.29, 0.717) is 22.3 Å². The molecule has 0 saturated carbocycles. The average molecular weight is 365 g/mol. The normalized spacial score (nSPS) is 11.2. The topological polar surface area (TPSA) is 56.5 Å². The van der Waals surface area contributed by atoms with Crippen molar-refractivity contribution in [3.05, 3.63) is 65.7 Å². The molecule has 2 aromatic carbocycles. The highest BCUT2D eigenvalue weighted by molar-refractivity contribution is 7.98. The number of hydrogen-bond donors (Lipinski definition) is 0. The van der Waals surface area contributed by atoms with Gasteiger partial charge in [-0.3, -0.25) is 0 Å². The van der Waals surface area contributed by atoms with Crippen LogP contribution in [0.15, 0.2) is 53.7 Å². The lowest BCUT2D eigenvalue weighted by Crippen LogP contribution is -1.99. The van der Waals surface area contributed by atoms with Crippen molar-refractivity contribution in [3.8, 4) is 11.4 Å². The van der Waals surface area contributed by atoms with Crippen LogP contribution in [0.3, 0.4) is 0 Å². The lowest BCUT2D eigenvalue weighted by molar-refractivity contribution is 0.628. The second kappa shape index (κ2) is 6.84. The van der Waals surface area contributed by atoms with Crippen LogP contribution in [0.2, 0.25) is 0 Å². The molecule has 2 heterocycles. The molecule has 0 bridgehead atoms. The van der Waals surface area contributed by atoms with Crippen molar-refractivity contribution in [1.82, 2.24) is 24.7 Å². The minimum Gasteiger partial charge on any atom is -0.305 e. The number of nitrogens with zero attached hydrogens (tertiary/aromatic N) is 5. The van der Waals surface area contributed by atoms with Gasteiger partial charge in [-0.25, -0.2) is 14.4 Å². The summed E-state index contributed by atoms with van der Waals surface area (Å²) >= 11 is 1.51. The highest BCUT2D eigenvalue weighted by Gasteiger charge is 2.15. The van der Waals surface area contributed by atoms with Crippen LogP contribution >= 0.6 is 11.8 Å². The zero-order chi connectivity index (χ0) is 18.1. The Morgan fingerprint density at radius 1 is 0.962 bits per heavy atom. The van der Waals surface area contributed by atoms with Gasteiger partial charge >= 0.3 is 0 Å². The molecule has 0 aliphatic rings. The van der Waals surface area contributed by atoms with E-state index in [0.717, 1.165) is 22.4 Å². The molecule has 0 N–H and O–H groups in total. The lowest BCUT2D eigenvalue weighted by Gasteiger charge is -2.07. The van der Waals surface area contributed by atoms with Crippen molar-refractivity contribution in [1.29, 1.82) is 0 Å². The summed E-state index contributed by atoms with van der Waals surface area (Å²) in [6.45, 7) is 1.96. The summed E-state index contributed by atoms with van der Waals surface area (Å²) in [6, 6.07) is 14.4. The summed E-state index contributed by atoms with van der Waals surface area (Å²) in [6.07, 6.45) is 0. The zero-order valence-electron chi connectivity index (χ0n) is 14.3. The molecule has 0 saturated heterocycles. The maximum absolute atomic E-state index is 14.0. The Bertz CT molecular complexity index is 1090. The van der Waals surface area contributed by atoms with Gasteiger partial charge in [0, 0.05) is 12.8 Å². The van der Waals surface area contributed by atoms with Crippen molar-refractivity contribution in [3.63, 3.8) is 0 Å². The molecule has 7 heteroatoms. The van der Waals surface area contributed by atoms with Crippen molar-refractivity contribution < 1.29 is 4.39 Å². The van der Waals surface area contributed by atoms with E-state index in [4.69, 9.17) is 4.98 Å². The number of para-hydroxylation sites is 2. The van der Waals surface area contributed by atoms with E-state index in [1.807, 2.05) is 38.2 Å². The smallest absolute Gasteiger partial charge is 0.191 e. The SMILES string of the molecule is Cc1nc2ccccc2nc1CSc1nnc(-c2ccccc2F)n1C. The van der Waals surface area contributed by atoms with Crippen LogP contribution in [0.25, 0.3) is 22.4 Å². The third-order valence-corrected chi connectivity index (χ3v) is 5.16. The first-order valence-corrected chi connectivity index (χ1v) is 9.11. The van der Waals surface area contributed by atoms with E-state index in [9.17, 15) is 4.39 Å². The summed E-state index contributed by atoms with van der Waals surface area (Å²) in [5.41, 5.74) is 4.01. The fourth-order valence-corrected chi connectivity index (χ4v) is 3.63. The fourth-order valence-electron chi connectivity index (χ4n) is 2.71. The molecule has 0 aliphatic heterocycles. The summed E-state index contributed by atoms with van der Waals surface area (Å²) in [5, 5.41) is 9.06. The number of hydrogen-bond acceptors (Lipinski definition) is 5. The van der Waals surface area contributed by atoms with E-state index >= 15 is 0 Å². The molecule has 2 aromatic heterocycles. The maximum Gasteiger partial charge on any atom is 0.191 e. The predicted octanol–water partition coefficient (Wildman–Crippen LogP) is 4.17. The first-order valence-electron chi connectivity index (χ1n) is 8.13. The van der Waals surface area contributed by atoms with Crippen LogP contribution in [-0.4, -0.2) is 24.7 Å². The van der Waals surface area contributed by atoms with Gasteiger partial charge in [-0.1, -0.05) is 36.0 Å². The molecule has 0 radical (unpaired) electrons. The summed E-state index contributed by atoms with van der Waals surface area (Å²) in [7, 11) is 1.84. The highest BCUT2D eigenvalue weighted by atomic mass is 32.2. The molecular formula is C19H16FN5S. The lowest BCUT2D eigenvalue weighted by atomic mass is 10.2. The Hall–Kier alpha value is -2.80. The number of aryl methyl sites for hydroxylation is 1. The van der Waals surface area contributed by atoms with Gasteiger partial charge in [-0.2, -0.15) is 0 Å². The molecule has 5 nitrogen and oxygen atoms in total. The molecule has 0 spiro atoms. The van der Waals surface area contributed by atoms with Gasteiger partial charge in [0.2, 0.25) is 0 Å². The van der Waals surface area contributed by atoms with Crippen LogP contribution < -0.4 is 0 Å². The first-order chi connectivity index (χ1) is 12.6. The molecule has 4 aromatic rings. The van der Waals surface area contributed by atoms with Gasteiger partial charge in [0.05, 0.1) is 28.0 Å². The second-order valence-corrected chi connectivity index (χ2v) is 6.82. The van der Waals surface area contributed by atoms with E-state index < -0.39 is 0 Å². The predicted molar refractivity (Wildman–Crippen MR) is 100 cm³/mol. The average Bonchev–Trinajstić information content (AvgIpc) is 3.01. The summed E-state index contributed by atoms with van der Waals surface area (Å²) in [4.78, 5) is 9.30. The quantitative estimate of drug-likeness (QED) is 0.508. The molecule has 0 atom stereocenters. The minimum atomic E-state index is -0.309. The Kier molecular flexibility index (Phi) is 4.38. The molecule has 26 heavy (non-hydrogen) atoms. The van der Waals surface area contributed by atoms with Gasteiger partial charge in [-0.15, -0.1) is 10.2 Å². The van der Waals surface area contributed by atoms with Crippen LogP contribution in [0.1, 0.15) is 11.4 Å². The number of thioether (sulfide) groups is 1. The third-order valence-electron chi connectivity index (χ3n) is 4.13. The second-order valence-electron chi connectivity index (χ2n) is 5.88. The van der Waals surface area contributed by atoms with Gasteiger partial charge in [-0.05, 0) is 31.2 Å². The first kappa shape index (κ1) is 16.7. The maximum atomic E-state index is 14.0. The van der Waals surface area contributed by atoms with Gasteiger partial charge < -0.3 is 4.57 Å². The van der Waals surface area contributed by atoms with Crippen LogP contribution in [0.5, 0.6) is 0 Å². The van der Waals surface area contributed by atoms with Crippen LogP contribution in [0.4, 0.5) is 4.39 Å². The zero-order valence-corrected chi connectivity index (χ0v) is 15.2. The molecule has 0 fully saturated rings. The van der Waals surface area contributed by atoms with Crippen LogP contribution in [0, 0.1) is 12.7 Å². The number of fused-ring (bicyclic) bond motifs is 1. The van der Waals surface area contributed by atoms with E-state index in [1.54, 1.807) is 22.8 Å². The molecular weight excluding hydrogens is 349 g/mol. The summed E-state index contributed by atoms with van der Waals surface area (Å²) < 4.78 is 15.8. The van der Waals surface area contributed by atoms with E-state index in [2.05, 4.69) is 15.2 Å². The third kappa shape index (κ3) is 3.06. The number of benzene rings is 2. The van der Waals surface area contributed by atoms with Gasteiger partial charge in [0.15, 0.2) is 11.0 Å². The van der Waals surface area contributed by atoms with Crippen molar-refractivity contribution in [2.45, 2.75) is 17.8 Å². The summed E-state index contributed by atoms with van der Waals surface area (Å²) in [5.74, 6) is 0.815. The Morgan fingerprint density at radius 3 is 2.42 bits per heavy atom. The Labute approximate surface area is 154 Å². The largest absolute Gasteiger partial charge is 0.305 e. The Morgan fingerprint density at radius 2 is 1.65 bits per heavy atom. The monoisotopic (exact) mass is 365 g/mol. The standard InChI is InChI=1S/C19H16FN5S/c1-12-17(22-16-10-6-5-9-15(16)21-12)11-26-19-24-23-18(25(19)2)13-7-3-4-8-14(13)20/h3-10H,11H2,1-2H3. The van der Waals surface area contributed by atoms with Gasteiger partial charge in [0.25, 0.3) is 0 Å². The Balaban J connectivity index is 1.60. The van der Waals surface area contributed by atoms with E-state index in [-0.39, 0.29) is 5.82 Å². The molecule has 0 amide bonds. The molecule has 0 unspecified atom stereocenters. The number of aromatic nitrogens is 5. The number of halogens is 1. The van der Waals surface area contributed by atoms with Crippen molar-refractivity contribution >= 4 is 22.8 Å². The number of rotatable bonds is 4. The molecule has 0 aliphatic carbocycles. The fraction of sp³-hybridized carbons (Fsp3) is 0.158. The van der Waals surface area contributed by atoms with Crippen LogP contribution in [-0.2, 0) is 12.8 Å². The minimum absolute atomic E-state index is 0.309. The molecule has 130 valence electrons. The van der Waals surface area contributed by atoms with E-state index in [1.165, 1.54) is 17.8 Å². The van der Waals surface area contributed by atoms with Gasteiger partial charge in [0.1, 0.15) is 5.82 Å².